The Morgan fingerprint density at radius 1 is 1.00 bits per heavy atom. The van der Waals surface area contributed by atoms with Crippen LogP contribution in [-0.4, -0.2) is 19.2 Å². The van der Waals surface area contributed by atoms with Gasteiger partial charge < -0.3 is 14.2 Å². The van der Waals surface area contributed by atoms with Crippen molar-refractivity contribution in [1.29, 1.82) is 0 Å². The van der Waals surface area contributed by atoms with Crippen LogP contribution in [0.4, 0.5) is 4.79 Å². The Morgan fingerprint density at radius 2 is 1.48 bits per heavy atom. The number of fused-ring (bicyclic) bond motifs is 1. The van der Waals surface area contributed by atoms with Gasteiger partial charge in [0.1, 0.15) is 10.0 Å². The van der Waals surface area contributed by atoms with E-state index in [4.69, 9.17) is 32.7 Å². The molecule has 0 aromatic heterocycles. The number of esters is 1. The molecule has 2 aromatic carbocycles. The summed E-state index contributed by atoms with van der Waals surface area (Å²) in [6.45, 7) is 5.02. The van der Waals surface area contributed by atoms with E-state index in [1.54, 1.807) is 24.3 Å². The topological polar surface area (TPSA) is 61.8 Å². The van der Waals surface area contributed by atoms with Crippen molar-refractivity contribution < 1.29 is 23.8 Å². The first-order valence-electron chi connectivity index (χ1n) is 6.40. The molecule has 0 N–H and O–H groups in total. The summed E-state index contributed by atoms with van der Waals surface area (Å²) in [5, 5.41) is 0.770. The molecule has 23 heavy (non-hydrogen) atoms. The Kier molecular flexibility index (Phi) is 5.13. The van der Waals surface area contributed by atoms with Crippen molar-refractivity contribution in [3.05, 3.63) is 46.5 Å². The van der Waals surface area contributed by atoms with Crippen LogP contribution in [0.2, 0.25) is 10.0 Å². The monoisotopic (exact) mass is 354 g/mol. The largest absolute Gasteiger partial charge is 0.513 e. The molecule has 5 nitrogen and oxygen atoms in total. The van der Waals surface area contributed by atoms with Gasteiger partial charge in [-0.2, -0.15) is 0 Å². The maximum Gasteiger partial charge on any atom is 0.513 e. The number of rotatable bonds is 3. The molecule has 2 rings (SSSR count). The highest BCUT2D eigenvalue weighted by Gasteiger charge is 2.23. The molecular formula is C16H12Cl2O5. The van der Waals surface area contributed by atoms with Crippen molar-refractivity contribution in [1.82, 2.24) is 0 Å². The Hall–Kier alpha value is -2.24. The second kappa shape index (κ2) is 6.89. The fourth-order valence-electron chi connectivity index (χ4n) is 1.82. The summed E-state index contributed by atoms with van der Waals surface area (Å²) in [7, 11) is 1.17. The number of carbonyl (C=O) groups is 2. The van der Waals surface area contributed by atoms with Gasteiger partial charge in [0, 0.05) is 16.3 Å². The van der Waals surface area contributed by atoms with Gasteiger partial charge in [0.05, 0.1) is 7.11 Å². The van der Waals surface area contributed by atoms with Crippen LogP contribution >= 0.6 is 23.2 Å². The molecule has 120 valence electrons. The molecule has 0 aliphatic heterocycles. The van der Waals surface area contributed by atoms with Crippen LogP contribution in [0.1, 0.15) is 6.92 Å². The number of hydrogen-bond acceptors (Lipinski definition) is 5. The van der Waals surface area contributed by atoms with Crippen molar-refractivity contribution >= 4 is 46.1 Å². The van der Waals surface area contributed by atoms with Gasteiger partial charge in [0.15, 0.2) is 11.5 Å². The maximum atomic E-state index is 11.8. The minimum atomic E-state index is -0.945. The van der Waals surface area contributed by atoms with Crippen LogP contribution < -0.4 is 9.47 Å². The Morgan fingerprint density at radius 3 is 1.91 bits per heavy atom. The fraction of sp³-hybridized carbons (Fsp3) is 0.125. The van der Waals surface area contributed by atoms with Crippen LogP contribution in [0.25, 0.3) is 10.8 Å². The standard InChI is InChI=1S/C16H12Cl2O5/c1-8(2)15(19)22-13-9-6-4-5-7-10(9)14(12(18)11(13)17)23-16(20)21-3/h4-7H,1H2,2-3H3. The highest BCUT2D eigenvalue weighted by Crippen LogP contribution is 2.46. The van der Waals surface area contributed by atoms with E-state index >= 15 is 0 Å². The molecular weight excluding hydrogens is 343 g/mol. The molecule has 0 aliphatic rings. The van der Waals surface area contributed by atoms with Crippen LogP contribution in [-0.2, 0) is 9.53 Å². The minimum absolute atomic E-state index is 0.0224. The van der Waals surface area contributed by atoms with Gasteiger partial charge in [0.25, 0.3) is 0 Å². The van der Waals surface area contributed by atoms with E-state index < -0.39 is 12.1 Å². The molecule has 0 aliphatic carbocycles. The lowest BCUT2D eigenvalue weighted by Gasteiger charge is -2.15. The van der Waals surface area contributed by atoms with Gasteiger partial charge in [-0.3, -0.25) is 0 Å². The van der Waals surface area contributed by atoms with Crippen molar-refractivity contribution in [3.8, 4) is 11.5 Å². The smallest absolute Gasteiger partial charge is 0.437 e. The summed E-state index contributed by atoms with van der Waals surface area (Å²) in [5.74, 6) is -0.554. The average Bonchev–Trinajstić information content (AvgIpc) is 2.54. The van der Waals surface area contributed by atoms with Gasteiger partial charge in [-0.15, -0.1) is 0 Å². The molecule has 0 spiro atoms. The van der Waals surface area contributed by atoms with E-state index in [1.165, 1.54) is 14.0 Å². The zero-order valence-corrected chi connectivity index (χ0v) is 13.8. The summed E-state index contributed by atoms with van der Waals surface area (Å²) in [4.78, 5) is 23.2. The molecule has 0 unspecified atom stereocenters. The minimum Gasteiger partial charge on any atom is -0.437 e. The predicted molar refractivity (Wildman–Crippen MR) is 87.5 cm³/mol. The second-order valence-corrected chi connectivity index (χ2v) is 5.31. The summed E-state index contributed by atoms with van der Waals surface area (Å²) in [5.41, 5.74) is 0.205. The number of halogens is 2. The van der Waals surface area contributed by atoms with Gasteiger partial charge in [-0.1, -0.05) is 54.0 Å². The van der Waals surface area contributed by atoms with Crippen LogP contribution in [0.5, 0.6) is 11.5 Å². The molecule has 7 heteroatoms. The van der Waals surface area contributed by atoms with E-state index in [1.807, 2.05) is 0 Å². The van der Waals surface area contributed by atoms with Gasteiger partial charge in [0.2, 0.25) is 0 Å². The van der Waals surface area contributed by atoms with Crippen molar-refractivity contribution in [2.24, 2.45) is 0 Å². The zero-order chi connectivity index (χ0) is 17.1. The van der Waals surface area contributed by atoms with E-state index in [2.05, 4.69) is 11.3 Å². The van der Waals surface area contributed by atoms with Crippen LogP contribution in [0.3, 0.4) is 0 Å². The van der Waals surface area contributed by atoms with Gasteiger partial charge >= 0.3 is 12.1 Å². The van der Waals surface area contributed by atoms with Crippen molar-refractivity contribution in [2.45, 2.75) is 6.92 Å². The third-order valence-corrected chi connectivity index (χ3v) is 3.72. The van der Waals surface area contributed by atoms with E-state index in [0.717, 1.165) is 0 Å². The summed E-state index contributed by atoms with van der Waals surface area (Å²) in [6.07, 6.45) is -0.945. The maximum absolute atomic E-state index is 11.8. The normalized spacial score (nSPS) is 10.3. The lowest BCUT2D eigenvalue weighted by molar-refractivity contribution is -0.129. The third kappa shape index (κ3) is 3.41. The first-order chi connectivity index (χ1) is 10.9. The molecule has 0 heterocycles. The quantitative estimate of drug-likeness (QED) is 0.343. The van der Waals surface area contributed by atoms with Crippen LogP contribution in [0.15, 0.2) is 36.4 Å². The first-order valence-corrected chi connectivity index (χ1v) is 7.15. The van der Waals surface area contributed by atoms with Crippen LogP contribution in [0, 0.1) is 0 Å². The van der Waals surface area contributed by atoms with Crippen molar-refractivity contribution in [3.63, 3.8) is 0 Å². The highest BCUT2D eigenvalue weighted by molar-refractivity contribution is 6.45. The predicted octanol–water partition coefficient (Wildman–Crippen LogP) is 4.77. The second-order valence-electron chi connectivity index (χ2n) is 4.56. The first kappa shape index (κ1) is 17.1. The fourth-order valence-corrected chi connectivity index (χ4v) is 2.27. The van der Waals surface area contributed by atoms with E-state index in [0.29, 0.717) is 10.8 Å². The molecule has 0 amide bonds. The highest BCUT2D eigenvalue weighted by atomic mass is 35.5. The summed E-state index contributed by atoms with van der Waals surface area (Å²) in [6, 6.07) is 6.73. The number of carbonyl (C=O) groups excluding carboxylic acids is 2. The van der Waals surface area contributed by atoms with E-state index in [9.17, 15) is 9.59 Å². The molecule has 0 radical (unpaired) electrons. The Balaban J connectivity index is 2.69. The SMILES string of the molecule is C=C(C)C(=O)Oc1c(Cl)c(Cl)c(OC(=O)OC)c2ccccc12. The molecule has 0 saturated carbocycles. The lowest BCUT2D eigenvalue weighted by atomic mass is 10.1. The summed E-state index contributed by atoms with van der Waals surface area (Å²) >= 11 is 12.3. The zero-order valence-electron chi connectivity index (χ0n) is 12.3. The third-order valence-electron chi connectivity index (χ3n) is 2.90. The number of ether oxygens (including phenoxy) is 3. The number of methoxy groups -OCH3 is 1. The molecule has 0 bridgehead atoms. The molecule has 0 fully saturated rings. The lowest BCUT2D eigenvalue weighted by Crippen LogP contribution is -2.11. The van der Waals surface area contributed by atoms with E-state index in [-0.39, 0.29) is 27.1 Å². The molecule has 0 saturated heterocycles. The Labute approximate surface area is 142 Å². The Bertz CT molecular complexity index is 814. The van der Waals surface area contributed by atoms with Gasteiger partial charge in [-0.25, -0.2) is 9.59 Å². The van der Waals surface area contributed by atoms with Crippen molar-refractivity contribution in [2.75, 3.05) is 7.11 Å². The molecule has 2 aromatic rings. The average molecular weight is 355 g/mol. The number of hydrogen-bond donors (Lipinski definition) is 0. The number of benzene rings is 2. The van der Waals surface area contributed by atoms with Gasteiger partial charge in [-0.05, 0) is 6.92 Å². The summed E-state index contributed by atoms with van der Waals surface area (Å²) < 4.78 is 14.8. The molecule has 0 atom stereocenters.